The lowest BCUT2D eigenvalue weighted by Gasteiger charge is -2.16. The minimum atomic E-state index is -4.43. The highest BCUT2D eigenvalue weighted by molar-refractivity contribution is 5.93. The van der Waals surface area contributed by atoms with Gasteiger partial charge in [-0.15, -0.1) is 0 Å². The molecule has 0 spiro atoms. The second kappa shape index (κ2) is 7.43. The molecule has 0 bridgehead atoms. The summed E-state index contributed by atoms with van der Waals surface area (Å²) in [6, 6.07) is 2.65. The zero-order chi connectivity index (χ0) is 18.5. The number of nitro groups is 1. The molecule has 1 aromatic carbocycles. The third-order valence-corrected chi connectivity index (χ3v) is 2.32. The monoisotopic (exact) mass is 352 g/mol. The number of hydrogen-bond acceptors (Lipinski definition) is 4. The highest BCUT2D eigenvalue weighted by Gasteiger charge is 2.41. The molecule has 0 amide bonds. The number of halogens is 4. The normalized spacial score (nSPS) is 12.1. The summed E-state index contributed by atoms with van der Waals surface area (Å²) in [6.07, 6.45) is -3.95. The van der Waals surface area contributed by atoms with Gasteiger partial charge in [-0.3, -0.25) is 10.1 Å². The molecule has 9 nitrogen and oxygen atoms in total. The first kappa shape index (κ1) is 18.9. The quantitative estimate of drug-likeness (QED) is 0.229. The molecule has 24 heavy (non-hydrogen) atoms. The number of rotatable bonds is 6. The number of ether oxygens (including phenoxy) is 1. The van der Waals surface area contributed by atoms with Crippen molar-refractivity contribution in [3.63, 3.8) is 0 Å². The lowest BCUT2D eigenvalue weighted by atomic mass is 10.2. The van der Waals surface area contributed by atoms with Gasteiger partial charge in [0.05, 0.1) is 16.7 Å². The summed E-state index contributed by atoms with van der Waals surface area (Å²) in [4.78, 5) is 16.9. The number of non-ortho nitro benzene ring substituents is 1. The minimum Gasteiger partial charge on any atom is -0.487 e. The highest BCUT2D eigenvalue weighted by Crippen LogP contribution is 2.30. The van der Waals surface area contributed by atoms with E-state index >= 15 is 0 Å². The van der Waals surface area contributed by atoms with Crippen LogP contribution in [0.25, 0.3) is 0 Å². The first-order valence-corrected chi connectivity index (χ1v) is 6.03. The Hall–Kier alpha value is -3.12. The van der Waals surface area contributed by atoms with Crippen molar-refractivity contribution in [2.75, 3.05) is 6.61 Å². The zero-order valence-corrected chi connectivity index (χ0v) is 11.8. The van der Waals surface area contributed by atoms with Crippen molar-refractivity contribution in [1.82, 2.24) is 0 Å². The van der Waals surface area contributed by atoms with Crippen LogP contribution in [0, 0.1) is 10.1 Å². The SMILES string of the molecule is NC(N)=NC(N)=Nc1cc(OCC(F)(F)C(F)F)cc([N+](=O)[O-])c1. The summed E-state index contributed by atoms with van der Waals surface area (Å²) in [5.41, 5.74) is 14.7. The van der Waals surface area contributed by atoms with E-state index in [0.717, 1.165) is 18.2 Å². The van der Waals surface area contributed by atoms with Crippen LogP contribution in [0.5, 0.6) is 5.75 Å². The Balaban J connectivity index is 3.13. The zero-order valence-electron chi connectivity index (χ0n) is 11.8. The molecule has 0 aliphatic heterocycles. The number of aliphatic imine (C=N–C) groups is 2. The van der Waals surface area contributed by atoms with Crippen molar-refractivity contribution < 1.29 is 27.2 Å². The van der Waals surface area contributed by atoms with Crippen LogP contribution in [0.15, 0.2) is 28.2 Å². The van der Waals surface area contributed by atoms with Gasteiger partial charge in [0.15, 0.2) is 12.6 Å². The summed E-state index contributed by atoms with van der Waals surface area (Å²) in [5, 5.41) is 10.8. The second-order valence-corrected chi connectivity index (χ2v) is 4.30. The Morgan fingerprint density at radius 2 is 1.92 bits per heavy atom. The number of benzene rings is 1. The maximum Gasteiger partial charge on any atom is 0.340 e. The van der Waals surface area contributed by atoms with E-state index in [9.17, 15) is 27.7 Å². The second-order valence-electron chi connectivity index (χ2n) is 4.30. The smallest absolute Gasteiger partial charge is 0.340 e. The number of nitrogens with two attached hydrogens (primary N) is 3. The fourth-order valence-corrected chi connectivity index (χ4v) is 1.35. The molecule has 0 radical (unpaired) electrons. The van der Waals surface area contributed by atoms with E-state index < -0.39 is 47.2 Å². The third-order valence-electron chi connectivity index (χ3n) is 2.32. The van der Waals surface area contributed by atoms with Crippen LogP contribution in [-0.2, 0) is 0 Å². The van der Waals surface area contributed by atoms with E-state index in [1.807, 2.05) is 0 Å². The fraction of sp³-hybridized carbons (Fsp3) is 0.273. The first-order chi connectivity index (χ1) is 11.0. The average molecular weight is 352 g/mol. The maximum atomic E-state index is 12.8. The molecule has 6 N–H and O–H groups in total. The predicted octanol–water partition coefficient (Wildman–Crippen LogP) is 1.09. The standard InChI is InChI=1S/C11H12F4N6O3/c12-8(13)11(14,15)4-24-7-2-5(1-6(3-7)21(22)23)19-10(18)20-9(16)17/h1-3,8H,4H2,(H6,16,17,18,19,20). The molecule has 132 valence electrons. The largest absolute Gasteiger partial charge is 0.487 e. The number of nitro benzene ring substituents is 1. The molecule has 0 atom stereocenters. The van der Waals surface area contributed by atoms with Crippen LogP contribution in [0.2, 0.25) is 0 Å². The number of alkyl halides is 4. The van der Waals surface area contributed by atoms with Gasteiger partial charge < -0.3 is 21.9 Å². The predicted molar refractivity (Wildman–Crippen MR) is 76.6 cm³/mol. The van der Waals surface area contributed by atoms with Gasteiger partial charge in [0.25, 0.3) is 5.69 Å². The van der Waals surface area contributed by atoms with Crippen LogP contribution in [0.1, 0.15) is 0 Å². The fourth-order valence-electron chi connectivity index (χ4n) is 1.35. The summed E-state index contributed by atoms with van der Waals surface area (Å²) in [6.45, 7) is -1.68. The summed E-state index contributed by atoms with van der Waals surface area (Å²) in [7, 11) is 0. The van der Waals surface area contributed by atoms with Crippen molar-refractivity contribution in [1.29, 1.82) is 0 Å². The van der Waals surface area contributed by atoms with Gasteiger partial charge >= 0.3 is 12.3 Å². The van der Waals surface area contributed by atoms with Crippen LogP contribution >= 0.6 is 0 Å². The van der Waals surface area contributed by atoms with E-state index in [4.69, 9.17) is 17.2 Å². The Labute approximate surface area is 131 Å². The summed E-state index contributed by atoms with van der Waals surface area (Å²) < 4.78 is 54.3. The lowest BCUT2D eigenvalue weighted by molar-refractivity contribution is -0.384. The van der Waals surface area contributed by atoms with Gasteiger partial charge in [0.1, 0.15) is 5.75 Å². The van der Waals surface area contributed by atoms with E-state index in [0.29, 0.717) is 0 Å². The van der Waals surface area contributed by atoms with Crippen molar-refractivity contribution in [3.8, 4) is 5.75 Å². The molecule has 0 saturated heterocycles. The summed E-state index contributed by atoms with van der Waals surface area (Å²) >= 11 is 0. The molecule has 0 heterocycles. The van der Waals surface area contributed by atoms with Gasteiger partial charge in [-0.2, -0.15) is 13.8 Å². The molecule has 0 unspecified atom stereocenters. The van der Waals surface area contributed by atoms with Crippen molar-refractivity contribution >= 4 is 23.3 Å². The Kier molecular flexibility index (Phi) is 5.86. The number of nitrogens with zero attached hydrogens (tertiary/aromatic N) is 3. The molecule has 0 saturated carbocycles. The molecular formula is C11H12F4N6O3. The van der Waals surface area contributed by atoms with Crippen LogP contribution < -0.4 is 21.9 Å². The van der Waals surface area contributed by atoms with E-state index in [2.05, 4.69) is 14.7 Å². The van der Waals surface area contributed by atoms with Crippen molar-refractivity contribution in [2.45, 2.75) is 12.3 Å². The molecule has 1 aromatic rings. The lowest BCUT2D eigenvalue weighted by Crippen LogP contribution is -2.33. The summed E-state index contributed by atoms with van der Waals surface area (Å²) in [5.74, 6) is -5.82. The molecule has 0 aliphatic carbocycles. The van der Waals surface area contributed by atoms with Crippen molar-refractivity contribution in [2.24, 2.45) is 27.2 Å². The average Bonchev–Trinajstić information content (AvgIpc) is 2.43. The van der Waals surface area contributed by atoms with Crippen LogP contribution in [0.3, 0.4) is 0 Å². The molecular weight excluding hydrogens is 340 g/mol. The van der Waals surface area contributed by atoms with Gasteiger partial charge in [0.2, 0.25) is 5.96 Å². The Morgan fingerprint density at radius 3 is 2.42 bits per heavy atom. The molecule has 0 aliphatic rings. The minimum absolute atomic E-state index is 0.206. The third kappa shape index (κ3) is 5.58. The van der Waals surface area contributed by atoms with Crippen molar-refractivity contribution in [3.05, 3.63) is 28.3 Å². The topological polar surface area (TPSA) is 155 Å². The van der Waals surface area contributed by atoms with Gasteiger partial charge in [-0.1, -0.05) is 0 Å². The van der Waals surface area contributed by atoms with Gasteiger partial charge in [-0.25, -0.2) is 13.8 Å². The van der Waals surface area contributed by atoms with E-state index in [1.54, 1.807) is 0 Å². The van der Waals surface area contributed by atoms with E-state index in [1.165, 1.54) is 0 Å². The van der Waals surface area contributed by atoms with E-state index in [-0.39, 0.29) is 5.69 Å². The molecule has 13 heteroatoms. The maximum absolute atomic E-state index is 12.8. The highest BCUT2D eigenvalue weighted by atomic mass is 19.3. The Bertz CT molecular complexity index is 676. The number of hydrogen-bond donors (Lipinski definition) is 3. The number of guanidine groups is 2. The molecule has 0 fully saturated rings. The van der Waals surface area contributed by atoms with Crippen LogP contribution in [-0.4, -0.2) is 35.8 Å². The van der Waals surface area contributed by atoms with Gasteiger partial charge in [0, 0.05) is 12.1 Å². The first-order valence-electron chi connectivity index (χ1n) is 6.03. The van der Waals surface area contributed by atoms with Gasteiger partial charge in [-0.05, 0) is 0 Å². The molecule has 0 aromatic heterocycles. The molecule has 1 rings (SSSR count). The Morgan fingerprint density at radius 1 is 1.29 bits per heavy atom. The van der Waals surface area contributed by atoms with Crippen LogP contribution in [0.4, 0.5) is 28.9 Å².